The first-order valence-electron chi connectivity index (χ1n) is 5.23. The zero-order valence-corrected chi connectivity index (χ0v) is 9.44. The second kappa shape index (κ2) is 6.98. The molecule has 0 aliphatic rings. The van der Waals surface area contributed by atoms with Crippen molar-refractivity contribution in [3.05, 3.63) is 35.4 Å². The van der Waals surface area contributed by atoms with E-state index in [0.717, 1.165) is 12.0 Å². The number of methoxy groups -OCH3 is 1. The van der Waals surface area contributed by atoms with Crippen molar-refractivity contribution in [3.63, 3.8) is 0 Å². The van der Waals surface area contributed by atoms with Crippen molar-refractivity contribution in [1.82, 2.24) is 0 Å². The Bertz CT molecular complexity index is 322. The molecule has 0 aromatic heterocycles. The molecule has 0 radical (unpaired) electrons. The highest BCUT2D eigenvalue weighted by Crippen LogP contribution is 2.06. The van der Waals surface area contributed by atoms with Crippen molar-refractivity contribution in [1.29, 1.82) is 0 Å². The third-order valence-corrected chi connectivity index (χ3v) is 2.14. The number of benzene rings is 1. The summed E-state index contributed by atoms with van der Waals surface area (Å²) in [6.07, 6.45) is 0.818. The zero-order chi connectivity index (χ0) is 11.8. The third kappa shape index (κ3) is 4.00. The van der Waals surface area contributed by atoms with Gasteiger partial charge in [0.25, 0.3) is 0 Å². The zero-order valence-electron chi connectivity index (χ0n) is 9.44. The molecular weight excluding hydrogens is 206 g/mol. The topological polar surface area (TPSA) is 61.5 Å². The Labute approximate surface area is 95.3 Å². The highest BCUT2D eigenvalue weighted by molar-refractivity contribution is 5.89. The number of esters is 1. The predicted octanol–water partition coefficient (Wildman–Crippen LogP) is 0.991. The van der Waals surface area contributed by atoms with Crippen LogP contribution < -0.4 is 5.73 Å². The average molecular weight is 223 g/mol. The van der Waals surface area contributed by atoms with Crippen LogP contribution in [0.3, 0.4) is 0 Å². The molecule has 0 unspecified atom stereocenters. The number of nitrogens with two attached hydrogens (primary N) is 1. The Balaban J connectivity index is 2.49. The Morgan fingerprint density at radius 2 is 1.94 bits per heavy atom. The molecule has 0 amide bonds. The van der Waals surface area contributed by atoms with Gasteiger partial charge in [0.05, 0.1) is 12.2 Å². The van der Waals surface area contributed by atoms with Gasteiger partial charge in [0.1, 0.15) is 6.61 Å². The standard InChI is InChI=1S/C12H17NO3/c1-15-8-9-16-12(14)11-4-2-10(3-5-11)6-7-13/h2-5H,6-9,13H2,1H3. The van der Waals surface area contributed by atoms with Gasteiger partial charge in [-0.3, -0.25) is 0 Å². The van der Waals surface area contributed by atoms with Gasteiger partial charge in [0, 0.05) is 7.11 Å². The molecule has 1 aromatic rings. The van der Waals surface area contributed by atoms with Crippen molar-refractivity contribution in [2.45, 2.75) is 6.42 Å². The van der Waals surface area contributed by atoms with E-state index in [1.54, 1.807) is 19.2 Å². The van der Waals surface area contributed by atoms with Gasteiger partial charge in [-0.05, 0) is 30.7 Å². The van der Waals surface area contributed by atoms with Gasteiger partial charge in [-0.2, -0.15) is 0 Å². The Kier molecular flexibility index (Phi) is 5.53. The lowest BCUT2D eigenvalue weighted by Gasteiger charge is -2.04. The molecule has 0 heterocycles. The van der Waals surface area contributed by atoms with Crippen molar-refractivity contribution in [2.24, 2.45) is 5.73 Å². The smallest absolute Gasteiger partial charge is 0.338 e. The largest absolute Gasteiger partial charge is 0.460 e. The molecule has 4 heteroatoms. The lowest BCUT2D eigenvalue weighted by molar-refractivity contribution is 0.0388. The van der Waals surface area contributed by atoms with Gasteiger partial charge in [0.15, 0.2) is 0 Å². The number of carbonyl (C=O) groups is 1. The summed E-state index contributed by atoms with van der Waals surface area (Å²) in [4.78, 5) is 11.5. The van der Waals surface area contributed by atoms with Crippen LogP contribution in [0.15, 0.2) is 24.3 Å². The molecule has 1 aromatic carbocycles. The molecule has 4 nitrogen and oxygen atoms in total. The van der Waals surface area contributed by atoms with E-state index in [1.807, 2.05) is 12.1 Å². The fraction of sp³-hybridized carbons (Fsp3) is 0.417. The molecule has 1 rings (SSSR count). The molecule has 0 saturated carbocycles. The SMILES string of the molecule is COCCOC(=O)c1ccc(CCN)cc1. The van der Waals surface area contributed by atoms with E-state index in [2.05, 4.69) is 0 Å². The van der Waals surface area contributed by atoms with Gasteiger partial charge in [0.2, 0.25) is 0 Å². The molecule has 0 spiro atoms. The first-order valence-corrected chi connectivity index (χ1v) is 5.23. The molecule has 88 valence electrons. The van der Waals surface area contributed by atoms with Gasteiger partial charge < -0.3 is 15.2 Å². The van der Waals surface area contributed by atoms with Crippen LogP contribution in [-0.2, 0) is 15.9 Å². The first-order chi connectivity index (χ1) is 7.77. The van der Waals surface area contributed by atoms with Crippen LogP contribution in [0.25, 0.3) is 0 Å². The van der Waals surface area contributed by atoms with Crippen LogP contribution in [0, 0.1) is 0 Å². The van der Waals surface area contributed by atoms with Crippen molar-refractivity contribution in [2.75, 3.05) is 26.9 Å². The molecule has 0 aliphatic carbocycles. The van der Waals surface area contributed by atoms with Crippen molar-refractivity contribution >= 4 is 5.97 Å². The molecule has 0 bridgehead atoms. The van der Waals surface area contributed by atoms with Crippen LogP contribution in [0.2, 0.25) is 0 Å². The van der Waals surface area contributed by atoms with Crippen molar-refractivity contribution in [3.8, 4) is 0 Å². The number of hydrogen-bond donors (Lipinski definition) is 1. The Hall–Kier alpha value is -1.39. The van der Waals surface area contributed by atoms with E-state index in [1.165, 1.54) is 0 Å². The lowest BCUT2D eigenvalue weighted by atomic mass is 10.1. The molecule has 0 atom stereocenters. The molecule has 0 aliphatic heterocycles. The number of ether oxygens (including phenoxy) is 2. The molecular formula is C12H17NO3. The summed E-state index contributed by atoms with van der Waals surface area (Å²) in [5.41, 5.74) is 7.11. The van der Waals surface area contributed by atoms with E-state index >= 15 is 0 Å². The maximum Gasteiger partial charge on any atom is 0.338 e. The van der Waals surface area contributed by atoms with Gasteiger partial charge in [-0.25, -0.2) is 4.79 Å². The van der Waals surface area contributed by atoms with Gasteiger partial charge in [-0.1, -0.05) is 12.1 Å². The molecule has 0 fully saturated rings. The predicted molar refractivity (Wildman–Crippen MR) is 61.4 cm³/mol. The summed E-state index contributed by atoms with van der Waals surface area (Å²) < 4.78 is 9.77. The number of rotatable bonds is 6. The summed E-state index contributed by atoms with van der Waals surface area (Å²) in [6.45, 7) is 1.30. The highest BCUT2D eigenvalue weighted by Gasteiger charge is 2.05. The second-order valence-corrected chi connectivity index (χ2v) is 3.36. The maximum absolute atomic E-state index is 11.5. The lowest BCUT2D eigenvalue weighted by Crippen LogP contribution is -2.10. The summed E-state index contributed by atoms with van der Waals surface area (Å²) >= 11 is 0. The fourth-order valence-corrected chi connectivity index (χ4v) is 1.28. The van der Waals surface area contributed by atoms with E-state index in [-0.39, 0.29) is 12.6 Å². The summed E-state index contributed by atoms with van der Waals surface area (Å²) in [7, 11) is 1.56. The van der Waals surface area contributed by atoms with Crippen LogP contribution in [-0.4, -0.2) is 32.8 Å². The minimum atomic E-state index is -0.323. The summed E-state index contributed by atoms with van der Waals surface area (Å²) in [5, 5.41) is 0. The Morgan fingerprint density at radius 1 is 1.25 bits per heavy atom. The summed E-state index contributed by atoms with van der Waals surface area (Å²) in [6, 6.07) is 7.28. The highest BCUT2D eigenvalue weighted by atomic mass is 16.6. The van der Waals surface area contributed by atoms with Crippen LogP contribution >= 0.6 is 0 Å². The van der Waals surface area contributed by atoms with Crippen LogP contribution in [0.1, 0.15) is 15.9 Å². The quantitative estimate of drug-likeness (QED) is 0.577. The average Bonchev–Trinajstić information content (AvgIpc) is 2.30. The van der Waals surface area contributed by atoms with Crippen LogP contribution in [0.4, 0.5) is 0 Å². The summed E-state index contributed by atoms with van der Waals surface area (Å²) in [5.74, 6) is -0.323. The van der Waals surface area contributed by atoms with Gasteiger partial charge in [-0.15, -0.1) is 0 Å². The van der Waals surface area contributed by atoms with E-state index in [4.69, 9.17) is 15.2 Å². The van der Waals surface area contributed by atoms with Gasteiger partial charge >= 0.3 is 5.97 Å². The van der Waals surface area contributed by atoms with E-state index in [0.29, 0.717) is 18.7 Å². The monoisotopic (exact) mass is 223 g/mol. The maximum atomic E-state index is 11.5. The normalized spacial score (nSPS) is 10.1. The Morgan fingerprint density at radius 3 is 2.50 bits per heavy atom. The second-order valence-electron chi connectivity index (χ2n) is 3.36. The first kappa shape index (κ1) is 12.7. The minimum Gasteiger partial charge on any atom is -0.460 e. The van der Waals surface area contributed by atoms with E-state index in [9.17, 15) is 4.79 Å². The molecule has 0 saturated heterocycles. The number of carbonyl (C=O) groups excluding carboxylic acids is 1. The third-order valence-electron chi connectivity index (χ3n) is 2.14. The molecule has 2 N–H and O–H groups in total. The van der Waals surface area contributed by atoms with Crippen molar-refractivity contribution < 1.29 is 14.3 Å². The molecule has 16 heavy (non-hydrogen) atoms. The van der Waals surface area contributed by atoms with E-state index < -0.39 is 0 Å². The fourth-order valence-electron chi connectivity index (χ4n) is 1.28. The minimum absolute atomic E-state index is 0.278. The van der Waals surface area contributed by atoms with Crippen LogP contribution in [0.5, 0.6) is 0 Å². The number of hydrogen-bond acceptors (Lipinski definition) is 4.